The van der Waals surface area contributed by atoms with Crippen molar-refractivity contribution in [2.24, 2.45) is 0 Å². The van der Waals surface area contributed by atoms with Gasteiger partial charge in [0.2, 0.25) is 11.8 Å². The molecule has 0 spiro atoms. The summed E-state index contributed by atoms with van der Waals surface area (Å²) in [6.45, 7) is 1.84. The molecule has 0 aliphatic heterocycles. The number of aromatic hydroxyl groups is 1. The highest BCUT2D eigenvalue weighted by molar-refractivity contribution is 9.10. The lowest BCUT2D eigenvalue weighted by Gasteiger charge is -2.25. The van der Waals surface area contributed by atoms with E-state index in [1.54, 1.807) is 42.5 Å². The maximum Gasteiger partial charge on any atom is 0.329 e. The molecule has 2 atom stereocenters. The molecule has 0 saturated carbocycles. The molecule has 37 heavy (non-hydrogen) atoms. The van der Waals surface area contributed by atoms with Crippen LogP contribution in [0.3, 0.4) is 0 Å². The molecular formula is C27H25BrClN3O5. The summed E-state index contributed by atoms with van der Waals surface area (Å²) in [7, 11) is 0. The molecular weight excluding hydrogens is 562 g/mol. The summed E-state index contributed by atoms with van der Waals surface area (Å²) in [5.41, 5.74) is 1.23. The van der Waals surface area contributed by atoms with Crippen LogP contribution < -0.4 is 15.7 Å². The van der Waals surface area contributed by atoms with Crippen molar-refractivity contribution in [3.05, 3.63) is 98.3 Å². The van der Waals surface area contributed by atoms with Gasteiger partial charge >= 0.3 is 5.69 Å². The van der Waals surface area contributed by atoms with E-state index >= 15 is 0 Å². The molecule has 0 radical (unpaired) electrons. The van der Waals surface area contributed by atoms with Gasteiger partial charge in [-0.25, -0.2) is 9.36 Å². The zero-order valence-electron chi connectivity index (χ0n) is 19.8. The Balaban J connectivity index is 1.75. The van der Waals surface area contributed by atoms with Gasteiger partial charge in [0.15, 0.2) is 0 Å². The number of nitrogens with one attached hydrogen (secondary N) is 2. The second-order valence-corrected chi connectivity index (χ2v) is 9.68. The number of nitrogens with zero attached hydrogens (tertiary/aromatic N) is 1. The fourth-order valence-electron chi connectivity index (χ4n) is 4.08. The summed E-state index contributed by atoms with van der Waals surface area (Å²) in [5.74, 6) is -0.854. The third-order valence-corrected chi connectivity index (χ3v) is 6.75. The highest BCUT2D eigenvalue weighted by Gasteiger charge is 2.33. The number of anilines is 1. The number of H-pyrrole nitrogens is 1. The molecule has 192 valence electrons. The Labute approximate surface area is 226 Å². The standard InChI is InChI=1S/C27H25BrClN3O5/c1-16(17-5-3-2-4-6-17)24(25(34)30-22-12-9-19(28)15-21(22)29)32-26(35)23(31-27(32)36)18-7-10-20(11-8-18)37-14-13-33/h2-12,15-16,24,33,35H,13-14H2,1H3,(H,30,34)(H,31,36). The molecule has 4 aromatic rings. The fraction of sp³-hybridized carbons (Fsp3) is 0.185. The van der Waals surface area contributed by atoms with Crippen LogP contribution in [-0.2, 0) is 4.79 Å². The van der Waals surface area contributed by atoms with Gasteiger partial charge in [-0.15, -0.1) is 0 Å². The predicted octanol–water partition coefficient (Wildman–Crippen LogP) is 5.32. The summed E-state index contributed by atoms with van der Waals surface area (Å²) in [6.07, 6.45) is 0. The molecule has 10 heteroatoms. The van der Waals surface area contributed by atoms with E-state index in [1.165, 1.54) is 0 Å². The number of halogens is 2. The molecule has 4 N–H and O–H groups in total. The Morgan fingerprint density at radius 2 is 1.84 bits per heavy atom. The third kappa shape index (κ3) is 5.90. The van der Waals surface area contributed by atoms with E-state index in [0.29, 0.717) is 22.0 Å². The number of ether oxygens (including phenoxy) is 1. The molecule has 2 unspecified atom stereocenters. The lowest BCUT2D eigenvalue weighted by molar-refractivity contribution is -0.120. The van der Waals surface area contributed by atoms with Gasteiger partial charge in [0.25, 0.3) is 0 Å². The summed E-state index contributed by atoms with van der Waals surface area (Å²) in [4.78, 5) is 29.5. The number of aromatic nitrogens is 2. The first-order chi connectivity index (χ1) is 17.8. The van der Waals surface area contributed by atoms with E-state index in [9.17, 15) is 14.7 Å². The predicted molar refractivity (Wildman–Crippen MR) is 146 cm³/mol. The number of aromatic amines is 1. The average Bonchev–Trinajstić information content (AvgIpc) is 3.19. The van der Waals surface area contributed by atoms with Crippen LogP contribution in [-0.4, -0.2) is 38.9 Å². The first-order valence-corrected chi connectivity index (χ1v) is 12.7. The SMILES string of the molecule is CC(c1ccccc1)C(C(=O)Nc1ccc(Br)cc1Cl)n1c(O)c(-c2ccc(OCCO)cc2)[nH]c1=O. The molecule has 8 nitrogen and oxygen atoms in total. The summed E-state index contributed by atoms with van der Waals surface area (Å²) in [5, 5.41) is 23.3. The van der Waals surface area contributed by atoms with Crippen LogP contribution in [0.25, 0.3) is 11.3 Å². The van der Waals surface area contributed by atoms with Crippen LogP contribution >= 0.6 is 27.5 Å². The number of hydrogen-bond acceptors (Lipinski definition) is 5. The van der Waals surface area contributed by atoms with Gasteiger partial charge in [-0.3, -0.25) is 4.79 Å². The Kier molecular flexibility index (Phi) is 8.38. The highest BCUT2D eigenvalue weighted by atomic mass is 79.9. The Morgan fingerprint density at radius 3 is 2.49 bits per heavy atom. The first kappa shape index (κ1) is 26.5. The highest BCUT2D eigenvalue weighted by Crippen LogP contribution is 2.36. The summed E-state index contributed by atoms with van der Waals surface area (Å²) < 4.78 is 7.18. The van der Waals surface area contributed by atoms with Gasteiger partial charge in [-0.1, -0.05) is 64.8 Å². The van der Waals surface area contributed by atoms with E-state index < -0.39 is 23.6 Å². The van der Waals surface area contributed by atoms with Crippen LogP contribution in [0.2, 0.25) is 5.02 Å². The van der Waals surface area contributed by atoms with E-state index in [0.717, 1.165) is 14.6 Å². The zero-order valence-corrected chi connectivity index (χ0v) is 22.2. The van der Waals surface area contributed by atoms with Crippen molar-refractivity contribution in [2.45, 2.75) is 18.9 Å². The van der Waals surface area contributed by atoms with E-state index in [-0.39, 0.29) is 24.8 Å². The fourth-order valence-corrected chi connectivity index (χ4v) is 4.81. The number of carbonyl (C=O) groups excluding carboxylic acids is 1. The minimum atomic E-state index is -1.10. The van der Waals surface area contributed by atoms with Gasteiger partial charge in [-0.2, -0.15) is 0 Å². The smallest absolute Gasteiger partial charge is 0.329 e. The normalized spacial score (nSPS) is 12.6. The first-order valence-electron chi connectivity index (χ1n) is 11.5. The average molecular weight is 587 g/mol. The lowest BCUT2D eigenvalue weighted by atomic mass is 9.92. The lowest BCUT2D eigenvalue weighted by Crippen LogP contribution is -2.35. The quantitative estimate of drug-likeness (QED) is 0.212. The molecule has 4 rings (SSSR count). The van der Waals surface area contributed by atoms with E-state index in [4.69, 9.17) is 21.4 Å². The topological polar surface area (TPSA) is 117 Å². The number of imidazole rings is 1. The minimum absolute atomic E-state index is 0.118. The molecule has 0 bridgehead atoms. The number of carbonyl (C=O) groups is 1. The van der Waals surface area contributed by atoms with E-state index in [2.05, 4.69) is 26.2 Å². The number of rotatable bonds is 9. The molecule has 0 fully saturated rings. The Morgan fingerprint density at radius 1 is 1.14 bits per heavy atom. The largest absolute Gasteiger partial charge is 0.493 e. The van der Waals surface area contributed by atoms with Gasteiger partial charge in [0.1, 0.15) is 24.1 Å². The van der Waals surface area contributed by atoms with Crippen molar-refractivity contribution in [2.75, 3.05) is 18.5 Å². The molecule has 0 aliphatic carbocycles. The zero-order chi connectivity index (χ0) is 26.5. The van der Waals surface area contributed by atoms with Crippen molar-refractivity contribution >= 4 is 39.1 Å². The molecule has 0 saturated heterocycles. The van der Waals surface area contributed by atoms with E-state index in [1.807, 2.05) is 37.3 Å². The van der Waals surface area contributed by atoms with Gasteiger partial charge in [0, 0.05) is 16.0 Å². The summed E-state index contributed by atoms with van der Waals surface area (Å²) in [6, 6.07) is 19.9. The van der Waals surface area contributed by atoms with Gasteiger partial charge < -0.3 is 25.3 Å². The van der Waals surface area contributed by atoms with Crippen LogP contribution in [0.15, 0.2) is 82.1 Å². The minimum Gasteiger partial charge on any atom is -0.493 e. The van der Waals surface area contributed by atoms with Crippen LogP contribution in [0.5, 0.6) is 11.6 Å². The molecule has 1 aromatic heterocycles. The number of benzene rings is 3. The number of amides is 1. The second kappa shape index (κ2) is 11.7. The number of aliphatic hydroxyl groups excluding tert-OH is 1. The Hall–Kier alpha value is -3.53. The molecule has 1 heterocycles. The van der Waals surface area contributed by atoms with Crippen molar-refractivity contribution in [1.82, 2.24) is 9.55 Å². The van der Waals surface area contributed by atoms with Crippen LogP contribution in [0, 0.1) is 0 Å². The molecule has 1 amide bonds. The molecule has 3 aromatic carbocycles. The van der Waals surface area contributed by atoms with Crippen molar-refractivity contribution < 1.29 is 19.7 Å². The van der Waals surface area contributed by atoms with Crippen LogP contribution in [0.4, 0.5) is 5.69 Å². The van der Waals surface area contributed by atoms with Gasteiger partial charge in [-0.05, 0) is 48.0 Å². The maximum atomic E-state index is 13.7. The maximum absolute atomic E-state index is 13.7. The second-order valence-electron chi connectivity index (χ2n) is 8.35. The van der Waals surface area contributed by atoms with Gasteiger partial charge in [0.05, 0.1) is 17.3 Å². The van der Waals surface area contributed by atoms with Crippen LogP contribution in [0.1, 0.15) is 24.4 Å². The monoisotopic (exact) mass is 585 g/mol. The van der Waals surface area contributed by atoms with Crippen molar-refractivity contribution in [1.29, 1.82) is 0 Å². The summed E-state index contributed by atoms with van der Waals surface area (Å²) >= 11 is 9.66. The number of hydrogen-bond donors (Lipinski definition) is 4. The Bertz CT molecular complexity index is 1440. The van der Waals surface area contributed by atoms with Crippen molar-refractivity contribution in [3.63, 3.8) is 0 Å². The third-order valence-electron chi connectivity index (χ3n) is 5.94. The number of aliphatic hydroxyl groups is 1. The van der Waals surface area contributed by atoms with Crippen molar-refractivity contribution in [3.8, 4) is 22.9 Å². The molecule has 0 aliphatic rings.